The van der Waals surface area contributed by atoms with Crippen molar-refractivity contribution < 1.29 is 4.42 Å². The van der Waals surface area contributed by atoms with Gasteiger partial charge in [-0.3, -0.25) is 4.68 Å². The molecule has 0 aromatic carbocycles. The molecule has 104 valence electrons. The maximum absolute atomic E-state index is 6.05. The Morgan fingerprint density at radius 2 is 2.11 bits per heavy atom. The fourth-order valence-electron chi connectivity index (χ4n) is 1.85. The maximum Gasteiger partial charge on any atom is 0.282 e. The zero-order chi connectivity index (χ0) is 14.0. The Kier molecular flexibility index (Phi) is 4.26. The Labute approximate surface area is 116 Å². The summed E-state index contributed by atoms with van der Waals surface area (Å²) in [6, 6.07) is 0.145. The molecular formula is C12H19N5OS. The van der Waals surface area contributed by atoms with E-state index in [2.05, 4.69) is 22.2 Å². The van der Waals surface area contributed by atoms with Crippen LogP contribution >= 0.6 is 11.8 Å². The zero-order valence-electron chi connectivity index (χ0n) is 11.7. The minimum Gasteiger partial charge on any atom is -0.416 e. The highest BCUT2D eigenvalue weighted by Gasteiger charge is 2.18. The highest BCUT2D eigenvalue weighted by Crippen LogP contribution is 2.31. The van der Waals surface area contributed by atoms with E-state index < -0.39 is 0 Å². The molecule has 2 aromatic rings. The Hall–Kier alpha value is -1.34. The molecule has 0 amide bonds. The third kappa shape index (κ3) is 3.16. The number of nitrogens with zero attached hydrogens (tertiary/aromatic N) is 4. The van der Waals surface area contributed by atoms with Crippen molar-refractivity contribution in [3.8, 4) is 0 Å². The lowest BCUT2D eigenvalue weighted by molar-refractivity contribution is 0.428. The first-order chi connectivity index (χ1) is 9.01. The number of hydrogen-bond donors (Lipinski definition) is 1. The highest BCUT2D eigenvalue weighted by molar-refractivity contribution is 7.99. The van der Waals surface area contributed by atoms with E-state index in [-0.39, 0.29) is 6.04 Å². The molecule has 0 aliphatic rings. The predicted octanol–water partition coefficient (Wildman–Crippen LogP) is 1.85. The van der Waals surface area contributed by atoms with Crippen LogP contribution < -0.4 is 5.73 Å². The minimum atomic E-state index is 0.145. The summed E-state index contributed by atoms with van der Waals surface area (Å²) in [6.45, 7) is 5.87. The molecule has 2 rings (SSSR count). The lowest BCUT2D eigenvalue weighted by Gasteiger charge is -2.09. The van der Waals surface area contributed by atoms with E-state index >= 15 is 0 Å². The first kappa shape index (κ1) is 14.1. The van der Waals surface area contributed by atoms with E-state index in [1.54, 1.807) is 6.92 Å². The van der Waals surface area contributed by atoms with Crippen LogP contribution in [0, 0.1) is 13.8 Å². The fraction of sp³-hybridized carbons (Fsp3) is 0.583. The van der Waals surface area contributed by atoms with Crippen LogP contribution in [0.1, 0.15) is 30.5 Å². The van der Waals surface area contributed by atoms with E-state index in [9.17, 15) is 0 Å². The summed E-state index contributed by atoms with van der Waals surface area (Å²) >= 11 is 1.44. The quantitative estimate of drug-likeness (QED) is 0.900. The van der Waals surface area contributed by atoms with Crippen molar-refractivity contribution in [1.29, 1.82) is 0 Å². The first-order valence-electron chi connectivity index (χ1n) is 6.27. The molecule has 0 saturated carbocycles. The topological polar surface area (TPSA) is 82.8 Å². The van der Waals surface area contributed by atoms with Crippen LogP contribution in [-0.4, -0.2) is 26.0 Å². The number of rotatable bonds is 5. The normalized spacial score (nSPS) is 12.9. The van der Waals surface area contributed by atoms with Crippen LogP contribution in [0.15, 0.2) is 14.7 Å². The summed E-state index contributed by atoms with van der Waals surface area (Å²) in [6.07, 6.45) is 1.75. The van der Waals surface area contributed by atoms with E-state index in [1.807, 2.05) is 18.7 Å². The summed E-state index contributed by atoms with van der Waals surface area (Å²) in [5.74, 6) is 0.563. The summed E-state index contributed by atoms with van der Waals surface area (Å²) in [4.78, 5) is 0. The molecule has 1 unspecified atom stereocenters. The van der Waals surface area contributed by atoms with Crippen molar-refractivity contribution in [1.82, 2.24) is 20.0 Å². The second-order valence-electron chi connectivity index (χ2n) is 4.55. The third-order valence-corrected chi connectivity index (χ3v) is 4.01. The molecule has 0 spiro atoms. The van der Waals surface area contributed by atoms with Crippen molar-refractivity contribution in [2.45, 2.75) is 49.9 Å². The van der Waals surface area contributed by atoms with Crippen LogP contribution in [0.5, 0.6) is 0 Å². The predicted molar refractivity (Wildman–Crippen MR) is 73.1 cm³/mol. The van der Waals surface area contributed by atoms with Gasteiger partial charge in [0.1, 0.15) is 5.03 Å². The molecule has 0 radical (unpaired) electrons. The molecule has 0 aliphatic carbocycles. The van der Waals surface area contributed by atoms with Crippen LogP contribution in [-0.2, 0) is 13.5 Å². The number of nitrogens with two attached hydrogens (primary N) is 1. The molecule has 2 N–H and O–H groups in total. The van der Waals surface area contributed by atoms with Gasteiger partial charge in [-0.2, -0.15) is 5.10 Å². The highest BCUT2D eigenvalue weighted by atomic mass is 32.2. The second-order valence-corrected chi connectivity index (χ2v) is 5.49. The van der Waals surface area contributed by atoms with Gasteiger partial charge in [0.2, 0.25) is 5.89 Å². The van der Waals surface area contributed by atoms with Crippen LogP contribution in [0.2, 0.25) is 0 Å². The van der Waals surface area contributed by atoms with E-state index in [0.29, 0.717) is 11.1 Å². The van der Waals surface area contributed by atoms with Crippen molar-refractivity contribution in [2.24, 2.45) is 12.8 Å². The van der Waals surface area contributed by atoms with E-state index in [1.165, 1.54) is 11.8 Å². The van der Waals surface area contributed by atoms with Gasteiger partial charge in [0.25, 0.3) is 5.22 Å². The Morgan fingerprint density at radius 1 is 1.37 bits per heavy atom. The molecule has 0 saturated heterocycles. The molecule has 0 fully saturated rings. The lowest BCUT2D eigenvalue weighted by atomic mass is 10.1. The fourth-order valence-corrected chi connectivity index (χ4v) is 2.79. The Bertz CT molecular complexity index is 562. The average molecular weight is 281 g/mol. The Balaban J connectivity index is 2.28. The molecule has 2 aromatic heterocycles. The van der Waals surface area contributed by atoms with Gasteiger partial charge in [-0.05, 0) is 31.5 Å². The summed E-state index contributed by atoms with van der Waals surface area (Å²) in [7, 11) is 1.92. The SMILES string of the molecule is CCC(N)Cc1c(C)nn(C)c1Sc1nnc(C)o1. The van der Waals surface area contributed by atoms with Gasteiger partial charge in [-0.15, -0.1) is 10.2 Å². The van der Waals surface area contributed by atoms with Gasteiger partial charge in [0, 0.05) is 25.6 Å². The summed E-state index contributed by atoms with van der Waals surface area (Å²) in [5, 5.41) is 13.8. The molecule has 2 heterocycles. The molecule has 1 atom stereocenters. The molecule has 7 heteroatoms. The molecule has 19 heavy (non-hydrogen) atoms. The van der Waals surface area contributed by atoms with E-state index in [0.717, 1.165) is 29.1 Å². The zero-order valence-corrected chi connectivity index (χ0v) is 12.5. The van der Waals surface area contributed by atoms with Gasteiger partial charge in [-0.25, -0.2) is 0 Å². The monoisotopic (exact) mass is 281 g/mol. The van der Waals surface area contributed by atoms with E-state index in [4.69, 9.17) is 10.2 Å². The van der Waals surface area contributed by atoms with Gasteiger partial charge in [0.15, 0.2) is 0 Å². The summed E-state index contributed by atoms with van der Waals surface area (Å²) in [5.41, 5.74) is 8.22. The second kappa shape index (κ2) is 5.75. The summed E-state index contributed by atoms with van der Waals surface area (Å²) < 4.78 is 7.25. The number of hydrogen-bond acceptors (Lipinski definition) is 6. The molecule has 0 aliphatic heterocycles. The smallest absolute Gasteiger partial charge is 0.282 e. The lowest BCUT2D eigenvalue weighted by Crippen LogP contribution is -2.21. The Morgan fingerprint density at radius 3 is 2.68 bits per heavy atom. The van der Waals surface area contributed by atoms with Crippen LogP contribution in [0.3, 0.4) is 0 Å². The minimum absolute atomic E-state index is 0.145. The van der Waals surface area contributed by atoms with Gasteiger partial charge >= 0.3 is 0 Å². The third-order valence-electron chi connectivity index (χ3n) is 2.97. The van der Waals surface area contributed by atoms with Crippen molar-refractivity contribution in [3.63, 3.8) is 0 Å². The number of aromatic nitrogens is 4. The van der Waals surface area contributed by atoms with Crippen LogP contribution in [0.4, 0.5) is 0 Å². The standard InChI is InChI=1S/C12H19N5OS/c1-5-9(13)6-10-7(2)16-17(4)11(10)19-12-15-14-8(3)18-12/h9H,5-6,13H2,1-4H3. The average Bonchev–Trinajstić information content (AvgIpc) is 2.88. The molecule has 6 nitrogen and oxygen atoms in total. The van der Waals surface area contributed by atoms with Gasteiger partial charge in [-0.1, -0.05) is 6.92 Å². The van der Waals surface area contributed by atoms with Gasteiger partial charge in [0.05, 0.1) is 5.69 Å². The molecule has 0 bridgehead atoms. The van der Waals surface area contributed by atoms with Crippen molar-refractivity contribution in [2.75, 3.05) is 0 Å². The largest absolute Gasteiger partial charge is 0.416 e. The van der Waals surface area contributed by atoms with Crippen molar-refractivity contribution in [3.05, 3.63) is 17.1 Å². The molecular weight excluding hydrogens is 262 g/mol. The van der Waals surface area contributed by atoms with Gasteiger partial charge < -0.3 is 10.2 Å². The first-order valence-corrected chi connectivity index (χ1v) is 7.09. The van der Waals surface area contributed by atoms with Crippen LogP contribution in [0.25, 0.3) is 0 Å². The maximum atomic E-state index is 6.05. The van der Waals surface area contributed by atoms with Crippen molar-refractivity contribution >= 4 is 11.8 Å². The number of aryl methyl sites for hydroxylation is 3.